The van der Waals surface area contributed by atoms with Gasteiger partial charge in [-0.3, -0.25) is 4.98 Å². The molecule has 0 aliphatic rings. The summed E-state index contributed by atoms with van der Waals surface area (Å²) in [6.45, 7) is 8.05. The quantitative estimate of drug-likeness (QED) is 0.909. The van der Waals surface area contributed by atoms with Crippen LogP contribution in [0.2, 0.25) is 0 Å². The molecular weight excluding hydrogens is 252 g/mol. The van der Waals surface area contributed by atoms with Gasteiger partial charge in [0, 0.05) is 17.2 Å². The number of methoxy groups -OCH3 is 1. The number of nitrogens with zero attached hydrogens (tertiary/aromatic N) is 3. The Morgan fingerprint density at radius 3 is 2.45 bits per heavy atom. The molecule has 2 heterocycles. The highest BCUT2D eigenvalue weighted by Gasteiger charge is 2.22. The number of rotatable bonds is 2. The van der Waals surface area contributed by atoms with Crippen LogP contribution in [0.1, 0.15) is 32.2 Å². The monoisotopic (exact) mass is 272 g/mol. The lowest BCUT2D eigenvalue weighted by atomic mass is 9.95. The number of nitrogen functional groups attached to an aromatic ring is 1. The Bertz CT molecular complexity index is 632. The van der Waals surface area contributed by atoms with Crippen molar-refractivity contribution in [3.05, 3.63) is 29.7 Å². The summed E-state index contributed by atoms with van der Waals surface area (Å²) in [6.07, 6.45) is 1.71. The molecule has 2 aromatic rings. The van der Waals surface area contributed by atoms with Crippen molar-refractivity contribution in [3.63, 3.8) is 0 Å². The number of hydrogen-bond acceptors (Lipinski definition) is 5. The normalized spacial score (nSPS) is 11.4. The summed E-state index contributed by atoms with van der Waals surface area (Å²) in [6, 6.07) is 3.68. The molecule has 0 aliphatic carbocycles. The molecule has 5 heteroatoms. The summed E-state index contributed by atoms with van der Waals surface area (Å²) < 4.78 is 5.36. The molecule has 2 rings (SSSR count). The standard InChI is InChI=1S/C15H20N4O/c1-9-11(12-10(20-5)7-6-8-17-12)18-14(15(2,3)4)19-13(9)16/h6-8H,1-5H3,(H2,16,18,19). The number of anilines is 1. The third-order valence-corrected chi connectivity index (χ3v) is 3.07. The highest BCUT2D eigenvalue weighted by Crippen LogP contribution is 2.32. The van der Waals surface area contributed by atoms with Gasteiger partial charge in [-0.25, -0.2) is 9.97 Å². The molecule has 0 spiro atoms. The molecule has 106 valence electrons. The third-order valence-electron chi connectivity index (χ3n) is 3.07. The topological polar surface area (TPSA) is 73.9 Å². The van der Waals surface area contributed by atoms with Crippen LogP contribution in [0.25, 0.3) is 11.4 Å². The average Bonchev–Trinajstić information content (AvgIpc) is 2.40. The summed E-state index contributed by atoms with van der Waals surface area (Å²) in [5.41, 5.74) is 8.07. The predicted molar refractivity (Wildman–Crippen MR) is 79.7 cm³/mol. The maximum absolute atomic E-state index is 6.03. The molecule has 0 aliphatic heterocycles. The lowest BCUT2D eigenvalue weighted by Gasteiger charge is -2.19. The van der Waals surface area contributed by atoms with E-state index in [9.17, 15) is 0 Å². The molecule has 0 unspecified atom stereocenters. The molecule has 0 amide bonds. The molecule has 5 nitrogen and oxygen atoms in total. The maximum atomic E-state index is 6.03. The molecule has 0 radical (unpaired) electrons. The van der Waals surface area contributed by atoms with Crippen molar-refractivity contribution in [2.75, 3.05) is 12.8 Å². The van der Waals surface area contributed by atoms with Crippen molar-refractivity contribution in [2.24, 2.45) is 0 Å². The van der Waals surface area contributed by atoms with Crippen LogP contribution in [0.4, 0.5) is 5.82 Å². The molecule has 2 N–H and O–H groups in total. The Hall–Kier alpha value is -2.17. The molecule has 0 saturated carbocycles. The fourth-order valence-electron chi connectivity index (χ4n) is 1.83. The van der Waals surface area contributed by atoms with Gasteiger partial charge in [0.1, 0.15) is 28.8 Å². The van der Waals surface area contributed by atoms with Gasteiger partial charge in [0.2, 0.25) is 0 Å². The Labute approximate surface area is 119 Å². The van der Waals surface area contributed by atoms with E-state index in [4.69, 9.17) is 10.5 Å². The molecule has 0 atom stereocenters. The van der Waals surface area contributed by atoms with E-state index in [1.54, 1.807) is 13.3 Å². The van der Waals surface area contributed by atoms with Crippen LogP contribution < -0.4 is 10.5 Å². The number of aromatic nitrogens is 3. The van der Waals surface area contributed by atoms with Crippen molar-refractivity contribution in [1.29, 1.82) is 0 Å². The van der Waals surface area contributed by atoms with E-state index in [0.717, 1.165) is 11.3 Å². The number of nitrogens with two attached hydrogens (primary N) is 1. The van der Waals surface area contributed by atoms with Gasteiger partial charge in [-0.1, -0.05) is 20.8 Å². The minimum absolute atomic E-state index is 0.182. The maximum Gasteiger partial charge on any atom is 0.146 e. The van der Waals surface area contributed by atoms with Crippen molar-refractivity contribution in [1.82, 2.24) is 15.0 Å². The summed E-state index contributed by atoms with van der Waals surface area (Å²) in [5, 5.41) is 0. The zero-order valence-electron chi connectivity index (χ0n) is 12.6. The first-order valence-electron chi connectivity index (χ1n) is 6.48. The predicted octanol–water partition coefficient (Wildman–Crippen LogP) is 2.74. The molecule has 0 bridgehead atoms. The van der Waals surface area contributed by atoms with Crippen LogP contribution in [-0.2, 0) is 5.41 Å². The highest BCUT2D eigenvalue weighted by atomic mass is 16.5. The highest BCUT2D eigenvalue weighted by molar-refractivity contribution is 5.69. The van der Waals surface area contributed by atoms with Gasteiger partial charge in [-0.15, -0.1) is 0 Å². The zero-order chi connectivity index (χ0) is 14.9. The first-order chi connectivity index (χ1) is 9.34. The summed E-state index contributed by atoms with van der Waals surface area (Å²) in [4.78, 5) is 13.4. The van der Waals surface area contributed by atoms with Crippen molar-refractivity contribution >= 4 is 5.82 Å². The van der Waals surface area contributed by atoms with Crippen LogP contribution in [0.15, 0.2) is 18.3 Å². The lowest BCUT2D eigenvalue weighted by molar-refractivity contribution is 0.414. The largest absolute Gasteiger partial charge is 0.494 e. The van der Waals surface area contributed by atoms with Crippen LogP contribution in [-0.4, -0.2) is 22.1 Å². The Balaban J connectivity index is 2.70. The summed E-state index contributed by atoms with van der Waals surface area (Å²) >= 11 is 0. The second-order valence-electron chi connectivity index (χ2n) is 5.71. The second-order valence-corrected chi connectivity index (χ2v) is 5.71. The van der Waals surface area contributed by atoms with Crippen molar-refractivity contribution < 1.29 is 4.74 Å². The fraction of sp³-hybridized carbons (Fsp3) is 0.400. The summed E-state index contributed by atoms with van der Waals surface area (Å²) in [5.74, 6) is 1.85. The van der Waals surface area contributed by atoms with E-state index < -0.39 is 0 Å². The average molecular weight is 272 g/mol. The molecule has 20 heavy (non-hydrogen) atoms. The van der Waals surface area contributed by atoms with E-state index in [2.05, 4.69) is 35.7 Å². The van der Waals surface area contributed by atoms with Crippen LogP contribution in [0.5, 0.6) is 5.75 Å². The smallest absolute Gasteiger partial charge is 0.146 e. The van der Waals surface area contributed by atoms with E-state index in [0.29, 0.717) is 23.1 Å². The van der Waals surface area contributed by atoms with Crippen molar-refractivity contribution in [2.45, 2.75) is 33.1 Å². The molecular formula is C15H20N4O. The number of pyridine rings is 1. The van der Waals surface area contributed by atoms with E-state index >= 15 is 0 Å². The van der Waals surface area contributed by atoms with Gasteiger partial charge in [-0.05, 0) is 19.1 Å². The second kappa shape index (κ2) is 5.07. The Morgan fingerprint density at radius 1 is 1.15 bits per heavy atom. The minimum atomic E-state index is -0.182. The van der Waals surface area contributed by atoms with Crippen LogP contribution in [0, 0.1) is 6.92 Å². The molecule has 2 aromatic heterocycles. The van der Waals surface area contributed by atoms with Gasteiger partial charge < -0.3 is 10.5 Å². The van der Waals surface area contributed by atoms with Gasteiger partial charge in [-0.2, -0.15) is 0 Å². The number of hydrogen-bond donors (Lipinski definition) is 1. The zero-order valence-corrected chi connectivity index (χ0v) is 12.6. The fourth-order valence-corrected chi connectivity index (χ4v) is 1.83. The lowest BCUT2D eigenvalue weighted by Crippen LogP contribution is -2.18. The van der Waals surface area contributed by atoms with E-state index in [-0.39, 0.29) is 5.41 Å². The van der Waals surface area contributed by atoms with Gasteiger partial charge in [0.25, 0.3) is 0 Å². The first-order valence-corrected chi connectivity index (χ1v) is 6.48. The first kappa shape index (κ1) is 14.2. The van der Waals surface area contributed by atoms with E-state index in [1.807, 2.05) is 19.1 Å². The van der Waals surface area contributed by atoms with Gasteiger partial charge in [0.15, 0.2) is 0 Å². The minimum Gasteiger partial charge on any atom is -0.494 e. The van der Waals surface area contributed by atoms with Gasteiger partial charge in [0.05, 0.1) is 7.11 Å². The van der Waals surface area contributed by atoms with Crippen LogP contribution in [0.3, 0.4) is 0 Å². The van der Waals surface area contributed by atoms with Gasteiger partial charge >= 0.3 is 0 Å². The third kappa shape index (κ3) is 2.57. The Morgan fingerprint density at radius 2 is 1.85 bits per heavy atom. The van der Waals surface area contributed by atoms with Crippen LogP contribution >= 0.6 is 0 Å². The number of ether oxygens (including phenoxy) is 1. The Kier molecular flexibility index (Phi) is 3.61. The van der Waals surface area contributed by atoms with E-state index in [1.165, 1.54) is 0 Å². The molecule has 0 saturated heterocycles. The summed E-state index contributed by atoms with van der Waals surface area (Å²) in [7, 11) is 1.62. The van der Waals surface area contributed by atoms with Crippen molar-refractivity contribution in [3.8, 4) is 17.1 Å². The molecule has 0 fully saturated rings. The molecule has 0 aromatic carbocycles. The SMILES string of the molecule is COc1cccnc1-c1nc(C(C)(C)C)nc(N)c1C.